The molecule has 25 heteroatoms. The number of carbonyl (C=O) groups excluding carboxylic acids is 10. The number of nitrogens with zero attached hydrogens (tertiary/aromatic N) is 4. The van der Waals surface area contributed by atoms with Crippen molar-refractivity contribution in [1.82, 2.24) is 19.6 Å². The Bertz CT molecular complexity index is 4940. The number of amides is 6. The first-order valence-electron chi connectivity index (χ1n) is 37.2. The number of hydrogen-bond acceptors (Lipinski definition) is 18. The molecule has 9 aromatic rings. The van der Waals surface area contributed by atoms with Gasteiger partial charge in [0.1, 0.15) is 58.1 Å². The molecule has 0 N–H and O–H groups in total. The van der Waals surface area contributed by atoms with Gasteiger partial charge < -0.3 is 47.7 Å². The molecule has 0 saturated heterocycles. The van der Waals surface area contributed by atoms with Crippen LogP contribution in [0.15, 0.2) is 194 Å². The number of fused-ring (bicyclic) bond motifs is 2. The molecule has 0 spiro atoms. The highest BCUT2D eigenvalue weighted by molar-refractivity contribution is 6.45. The molecule has 2 aliphatic heterocycles. The van der Waals surface area contributed by atoms with E-state index >= 15 is 41.9 Å². The van der Waals surface area contributed by atoms with Crippen LogP contribution in [0.1, 0.15) is 140 Å². The highest BCUT2D eigenvalue weighted by Gasteiger charge is 2.50. The van der Waals surface area contributed by atoms with Crippen LogP contribution in [0.25, 0.3) is 43.1 Å². The molecule has 0 fully saturated rings. The zero-order chi connectivity index (χ0) is 80.9. The summed E-state index contributed by atoms with van der Waals surface area (Å²) in [5, 5.41) is 0.311. The maximum Gasteiger partial charge on any atom is 0.391 e. The summed E-state index contributed by atoms with van der Waals surface area (Å²) in [6, 6.07) is 34.7. The summed E-state index contributed by atoms with van der Waals surface area (Å²) in [6.45, 7) is 21.4. The van der Waals surface area contributed by atoms with Gasteiger partial charge in [-0.15, -0.1) is 0 Å². The number of alkyl halides is 3. The van der Waals surface area contributed by atoms with Crippen LogP contribution in [0, 0.1) is 0 Å². The van der Waals surface area contributed by atoms with Crippen molar-refractivity contribution in [3.05, 3.63) is 216 Å². The number of imide groups is 2. The minimum atomic E-state index is -5.22. The number of halogens is 3. The van der Waals surface area contributed by atoms with Gasteiger partial charge in [0.15, 0.2) is 0 Å². The van der Waals surface area contributed by atoms with Crippen LogP contribution in [-0.4, -0.2) is 150 Å². The molecule has 0 bridgehead atoms. The van der Waals surface area contributed by atoms with Crippen LogP contribution in [0.2, 0.25) is 0 Å². The lowest BCUT2D eigenvalue weighted by molar-refractivity contribution is -0.158. The van der Waals surface area contributed by atoms with Crippen LogP contribution >= 0.6 is 0 Å². The number of carbonyl (C=O) groups is 10. The van der Waals surface area contributed by atoms with E-state index in [1.807, 2.05) is 0 Å². The second-order valence-corrected chi connectivity index (χ2v) is 27.7. The van der Waals surface area contributed by atoms with E-state index in [-0.39, 0.29) is 207 Å². The molecule has 113 heavy (non-hydrogen) atoms. The molecule has 0 aromatic heterocycles. The lowest BCUT2D eigenvalue weighted by atomic mass is 9.80. The average Bonchev–Trinajstić information content (AvgIpc) is 0.670. The van der Waals surface area contributed by atoms with Crippen molar-refractivity contribution in [2.24, 2.45) is 0 Å². The first kappa shape index (κ1) is 81.3. The molecule has 0 aliphatic carbocycles. The molecule has 0 radical (unpaired) electrons. The molecule has 2 heterocycles. The van der Waals surface area contributed by atoms with E-state index in [4.69, 9.17) is 37.9 Å². The van der Waals surface area contributed by atoms with Gasteiger partial charge in [0, 0.05) is 91.6 Å². The van der Waals surface area contributed by atoms with Crippen molar-refractivity contribution in [2.45, 2.75) is 117 Å². The van der Waals surface area contributed by atoms with Gasteiger partial charge in [-0.25, -0.2) is 19.2 Å². The molecular weight excluding hydrogens is 1460 g/mol. The number of rotatable bonds is 38. The monoisotopic (exact) mass is 1540 g/mol. The van der Waals surface area contributed by atoms with Crippen molar-refractivity contribution in [3.63, 3.8) is 0 Å². The second kappa shape index (κ2) is 36.0. The molecule has 9 aromatic carbocycles. The molecular formula is C88H85F3N4O18. The summed E-state index contributed by atoms with van der Waals surface area (Å²) in [7, 11) is 0. The van der Waals surface area contributed by atoms with Crippen LogP contribution < -0.4 is 18.9 Å². The van der Waals surface area contributed by atoms with Gasteiger partial charge in [0.05, 0.1) is 55.1 Å². The molecule has 2 aliphatic rings. The highest BCUT2D eigenvalue weighted by Crippen LogP contribution is 2.58. The predicted octanol–water partition coefficient (Wildman–Crippen LogP) is 17.5. The molecule has 0 saturated carbocycles. The average molecular weight is 1540 g/mol. The number of esters is 4. The van der Waals surface area contributed by atoms with Gasteiger partial charge in [-0.2, -0.15) is 13.2 Å². The number of ether oxygens (including phenoxy) is 8. The van der Waals surface area contributed by atoms with Gasteiger partial charge in [-0.1, -0.05) is 106 Å². The van der Waals surface area contributed by atoms with Crippen molar-refractivity contribution in [1.29, 1.82) is 0 Å². The fourth-order valence-corrected chi connectivity index (χ4v) is 13.7. The van der Waals surface area contributed by atoms with Gasteiger partial charge in [0.2, 0.25) is 11.8 Å². The van der Waals surface area contributed by atoms with E-state index in [9.17, 15) is 19.2 Å². The summed E-state index contributed by atoms with van der Waals surface area (Å²) in [5.41, 5.74) is -0.435. The fraction of sp³-hybridized carbons (Fsp3) is 0.295. The Morgan fingerprint density at radius 3 is 0.832 bits per heavy atom. The fourth-order valence-electron chi connectivity index (χ4n) is 13.7. The Kier molecular flexibility index (Phi) is 25.9. The van der Waals surface area contributed by atoms with Crippen LogP contribution in [0.4, 0.5) is 13.2 Å². The van der Waals surface area contributed by atoms with Crippen LogP contribution in [-0.2, 0) is 47.7 Å². The van der Waals surface area contributed by atoms with Crippen molar-refractivity contribution >= 4 is 102 Å². The maximum atomic E-state index is 16.3. The summed E-state index contributed by atoms with van der Waals surface area (Å²) >= 11 is 0. The molecule has 586 valence electrons. The maximum absolute atomic E-state index is 16.3. The van der Waals surface area contributed by atoms with Crippen LogP contribution in [0.3, 0.4) is 0 Å². The number of para-hydroxylation sites is 4. The summed E-state index contributed by atoms with van der Waals surface area (Å²) in [4.78, 5) is 150. The lowest BCUT2D eigenvalue weighted by Crippen LogP contribution is -2.56. The zero-order valence-corrected chi connectivity index (χ0v) is 63.3. The normalized spacial score (nSPS) is 13.0. The largest absolute Gasteiger partial charge is 0.462 e. The zero-order valence-electron chi connectivity index (χ0n) is 63.3. The Labute approximate surface area is 650 Å². The van der Waals surface area contributed by atoms with Crippen molar-refractivity contribution < 1.29 is 99.0 Å². The van der Waals surface area contributed by atoms with E-state index in [2.05, 4.69) is 26.3 Å². The van der Waals surface area contributed by atoms with Gasteiger partial charge in [-0.3, -0.25) is 38.6 Å². The minimum Gasteiger partial charge on any atom is -0.462 e. The number of unbranched alkanes of at least 4 members (excludes halogenated alkanes) is 4. The van der Waals surface area contributed by atoms with E-state index in [1.54, 1.807) is 128 Å². The molecule has 2 unspecified atom stereocenters. The molecule has 11 rings (SSSR count). The van der Waals surface area contributed by atoms with Crippen molar-refractivity contribution in [2.75, 3.05) is 52.6 Å². The quantitative estimate of drug-likeness (QED) is 0.00662. The summed E-state index contributed by atoms with van der Waals surface area (Å²) < 4.78 is 96.3. The van der Waals surface area contributed by atoms with E-state index < -0.39 is 95.1 Å². The first-order valence-corrected chi connectivity index (χ1v) is 37.2. The Hall–Kier alpha value is -12.7. The Balaban J connectivity index is 1.16. The van der Waals surface area contributed by atoms with Gasteiger partial charge >= 0.3 is 30.1 Å². The second-order valence-electron chi connectivity index (χ2n) is 27.7. The van der Waals surface area contributed by atoms with Gasteiger partial charge in [0.25, 0.3) is 23.6 Å². The Morgan fingerprint density at radius 2 is 0.602 bits per heavy atom. The summed E-state index contributed by atoms with van der Waals surface area (Å²) in [6.07, 6.45) is -5.69. The lowest BCUT2D eigenvalue weighted by Gasteiger charge is -2.37. The topological polar surface area (TPSA) is 258 Å². The third-order valence-electron chi connectivity index (χ3n) is 19.1. The minimum absolute atomic E-state index is 0.00318. The third kappa shape index (κ3) is 18.4. The molecule has 22 nitrogen and oxygen atoms in total. The number of benzene rings is 9. The van der Waals surface area contributed by atoms with E-state index in [1.165, 1.54) is 56.9 Å². The smallest absolute Gasteiger partial charge is 0.391 e. The highest BCUT2D eigenvalue weighted by atomic mass is 19.4. The standard InChI is InChI=1S/C88H85F3N4O18/c1-10-64(82(100)92(39-23-27-43-106-84(102)52(2)3)40-24-28-44-107-85(103)53(4)5)94-78(96)60-47-66(110-56-31-15-11-16-32-56)72-74-68(112-58-35-19-13-20-36-58)49-62-71-63(50-69(113-59-37-21-14-22-38-59)75(77(71)74)73-67(111-57-33-17-12-18-34-57)48-61(79(94)97)70(60)76(72)73)81(99)95(80(62)98)65(51-88(89,90)91)83(101)93(41-25-29-45-108-86(104)54(6)7)42-26-30-46-109-87(105)55(8)9/h11-22,31-38,47-50,64-65H,2,4,6,8,10,23-30,39-46,51H2,1,3,5,7,9H3. The summed E-state index contributed by atoms with van der Waals surface area (Å²) in [5.74, 6) is -8.74. The van der Waals surface area contributed by atoms with Gasteiger partial charge in [-0.05, 0) is 158 Å². The van der Waals surface area contributed by atoms with E-state index in [0.29, 0.717) is 30.6 Å². The van der Waals surface area contributed by atoms with Crippen molar-refractivity contribution in [3.8, 4) is 46.0 Å². The third-order valence-corrected chi connectivity index (χ3v) is 19.1. The molecule has 6 amide bonds. The predicted molar refractivity (Wildman–Crippen MR) is 416 cm³/mol. The van der Waals surface area contributed by atoms with E-state index in [0.717, 1.165) is 9.80 Å². The number of hydrogen-bond donors (Lipinski definition) is 0. The molecule has 2 atom stereocenters. The Morgan fingerprint density at radius 1 is 0.363 bits per heavy atom. The SMILES string of the molecule is C=C(C)C(=O)OCCCCN(CCCCOC(=O)C(=C)C)C(=O)C(CC)N1C(=O)c2cc(Oc3ccccc3)c3c4c(Oc5ccccc5)cc5c6c(cc(Oc7ccccc7)c(c7c(Oc8ccccc8)cc(c2c37)C1=O)c64)C(=O)N(C(CC(F)(F)F)C(=O)N(CCCCOC(=O)C(=C)C)CCCCOC(=O)C(=C)C)C5=O. The first-order chi connectivity index (χ1) is 54.2. The van der Waals surface area contributed by atoms with Crippen LogP contribution in [0.5, 0.6) is 46.0 Å².